The Balaban J connectivity index is 2.34. The van der Waals surface area contributed by atoms with Gasteiger partial charge in [0.1, 0.15) is 0 Å². The molecule has 1 amide bonds. The van der Waals surface area contributed by atoms with Crippen LogP contribution < -0.4 is 4.90 Å². The Bertz CT molecular complexity index is 638. The fourth-order valence-corrected chi connectivity index (χ4v) is 3.10. The summed E-state index contributed by atoms with van der Waals surface area (Å²) in [5.74, 6) is -1.15. The van der Waals surface area contributed by atoms with Gasteiger partial charge in [-0.3, -0.25) is 9.59 Å². The number of benzene rings is 1. The largest absolute Gasteiger partial charge is 0.503 e. The lowest BCUT2D eigenvalue weighted by Crippen LogP contribution is -3.05. The van der Waals surface area contributed by atoms with Crippen LogP contribution in [0.4, 0.5) is 0 Å². The molecular formula is C17H22BrN2O3+. The Labute approximate surface area is 144 Å². The minimum Gasteiger partial charge on any atom is -0.503 e. The van der Waals surface area contributed by atoms with Gasteiger partial charge in [-0.2, -0.15) is 0 Å². The first-order chi connectivity index (χ1) is 10.8. The molecule has 0 aliphatic carbocycles. The van der Waals surface area contributed by atoms with Crippen LogP contribution in [0.25, 0.3) is 0 Å². The predicted molar refractivity (Wildman–Crippen MR) is 91.2 cm³/mol. The van der Waals surface area contributed by atoms with Gasteiger partial charge in [0, 0.05) is 17.4 Å². The zero-order valence-electron chi connectivity index (χ0n) is 13.6. The second-order valence-corrected chi connectivity index (χ2v) is 7.00. The number of hydrogen-bond acceptors (Lipinski definition) is 3. The molecule has 2 N–H and O–H groups in total. The SMILES string of the molecule is CC(=O)C1=C(O)C(=O)N(CCC[NH+](C)C)[C@H]1c1ccc(Br)cc1. The van der Waals surface area contributed by atoms with Crippen molar-refractivity contribution in [2.45, 2.75) is 19.4 Å². The zero-order valence-corrected chi connectivity index (χ0v) is 15.2. The number of carbonyl (C=O) groups excluding carboxylic acids is 2. The highest BCUT2D eigenvalue weighted by Gasteiger charge is 2.41. The summed E-state index contributed by atoms with van der Waals surface area (Å²) in [5.41, 5.74) is 1.02. The number of ketones is 1. The maximum atomic E-state index is 12.4. The van der Waals surface area contributed by atoms with E-state index in [2.05, 4.69) is 30.0 Å². The summed E-state index contributed by atoms with van der Waals surface area (Å²) in [6, 6.07) is 6.97. The molecule has 0 fully saturated rings. The van der Waals surface area contributed by atoms with E-state index in [9.17, 15) is 14.7 Å². The third-order valence-corrected chi connectivity index (χ3v) is 4.47. The van der Waals surface area contributed by atoms with Crippen molar-refractivity contribution in [3.8, 4) is 0 Å². The number of hydrogen-bond donors (Lipinski definition) is 2. The molecule has 1 aromatic rings. The molecule has 1 aliphatic heterocycles. The van der Waals surface area contributed by atoms with E-state index in [1.54, 1.807) is 4.90 Å². The summed E-state index contributed by atoms with van der Waals surface area (Å²) in [7, 11) is 4.10. The van der Waals surface area contributed by atoms with E-state index in [0.717, 1.165) is 23.0 Å². The van der Waals surface area contributed by atoms with Gasteiger partial charge in [0.15, 0.2) is 11.5 Å². The van der Waals surface area contributed by atoms with E-state index in [1.165, 1.54) is 11.8 Å². The van der Waals surface area contributed by atoms with E-state index in [-0.39, 0.29) is 11.4 Å². The summed E-state index contributed by atoms with van der Waals surface area (Å²) >= 11 is 3.38. The fraction of sp³-hybridized carbons (Fsp3) is 0.412. The molecule has 1 aromatic carbocycles. The Kier molecular flexibility index (Phi) is 5.59. The van der Waals surface area contributed by atoms with Gasteiger partial charge in [-0.25, -0.2) is 0 Å². The molecule has 0 radical (unpaired) electrons. The highest BCUT2D eigenvalue weighted by atomic mass is 79.9. The van der Waals surface area contributed by atoms with Crippen LogP contribution in [-0.2, 0) is 9.59 Å². The number of rotatable bonds is 6. The molecule has 1 atom stereocenters. The minimum atomic E-state index is -0.509. The first-order valence-electron chi connectivity index (χ1n) is 7.62. The van der Waals surface area contributed by atoms with Crippen LogP contribution >= 0.6 is 15.9 Å². The smallest absolute Gasteiger partial charge is 0.290 e. The first kappa shape index (κ1) is 17.7. The van der Waals surface area contributed by atoms with Crippen molar-refractivity contribution in [3.05, 3.63) is 45.6 Å². The summed E-state index contributed by atoms with van der Waals surface area (Å²) in [6.45, 7) is 2.80. The highest BCUT2D eigenvalue weighted by molar-refractivity contribution is 9.10. The van der Waals surface area contributed by atoms with Gasteiger partial charge in [0.25, 0.3) is 5.91 Å². The van der Waals surface area contributed by atoms with Crippen molar-refractivity contribution in [2.24, 2.45) is 0 Å². The molecular weight excluding hydrogens is 360 g/mol. The maximum absolute atomic E-state index is 12.4. The molecule has 6 heteroatoms. The van der Waals surface area contributed by atoms with Crippen molar-refractivity contribution >= 4 is 27.6 Å². The van der Waals surface area contributed by atoms with Gasteiger partial charge in [0.05, 0.1) is 32.3 Å². The normalized spacial score (nSPS) is 18.2. The third-order valence-electron chi connectivity index (χ3n) is 3.94. The Morgan fingerprint density at radius 3 is 2.43 bits per heavy atom. The van der Waals surface area contributed by atoms with Gasteiger partial charge < -0.3 is 14.9 Å². The van der Waals surface area contributed by atoms with Crippen molar-refractivity contribution in [1.29, 1.82) is 0 Å². The van der Waals surface area contributed by atoms with Gasteiger partial charge >= 0.3 is 0 Å². The Hall–Kier alpha value is -1.66. The number of halogens is 1. The lowest BCUT2D eigenvalue weighted by Gasteiger charge is -2.26. The number of nitrogens with one attached hydrogen (secondary N) is 1. The molecule has 0 saturated heterocycles. The first-order valence-corrected chi connectivity index (χ1v) is 8.41. The van der Waals surface area contributed by atoms with Crippen LogP contribution in [-0.4, -0.2) is 48.9 Å². The second-order valence-electron chi connectivity index (χ2n) is 6.08. The molecule has 0 saturated carbocycles. The molecule has 1 heterocycles. The number of quaternary nitrogens is 1. The Morgan fingerprint density at radius 2 is 1.91 bits per heavy atom. The minimum absolute atomic E-state index is 0.189. The molecule has 5 nitrogen and oxygen atoms in total. The van der Waals surface area contributed by atoms with E-state index in [4.69, 9.17) is 0 Å². The fourth-order valence-electron chi connectivity index (χ4n) is 2.84. The van der Waals surface area contributed by atoms with Crippen LogP contribution in [0.15, 0.2) is 40.1 Å². The lowest BCUT2D eigenvalue weighted by molar-refractivity contribution is -0.858. The molecule has 0 unspecified atom stereocenters. The van der Waals surface area contributed by atoms with Crippen LogP contribution in [0, 0.1) is 0 Å². The van der Waals surface area contributed by atoms with E-state index in [1.807, 2.05) is 24.3 Å². The molecule has 0 bridgehead atoms. The number of amides is 1. The van der Waals surface area contributed by atoms with Gasteiger partial charge in [-0.05, 0) is 24.6 Å². The maximum Gasteiger partial charge on any atom is 0.290 e. The average molecular weight is 382 g/mol. The summed E-state index contributed by atoms with van der Waals surface area (Å²) < 4.78 is 0.922. The van der Waals surface area contributed by atoms with E-state index in [0.29, 0.717) is 6.54 Å². The van der Waals surface area contributed by atoms with Crippen LogP contribution in [0.5, 0.6) is 0 Å². The lowest BCUT2D eigenvalue weighted by atomic mass is 9.97. The van der Waals surface area contributed by atoms with Crippen LogP contribution in [0.3, 0.4) is 0 Å². The van der Waals surface area contributed by atoms with E-state index >= 15 is 0 Å². The topological polar surface area (TPSA) is 62.0 Å². The van der Waals surface area contributed by atoms with Gasteiger partial charge in [0.2, 0.25) is 0 Å². The third kappa shape index (κ3) is 3.82. The zero-order chi connectivity index (χ0) is 17.1. The van der Waals surface area contributed by atoms with E-state index < -0.39 is 17.7 Å². The highest BCUT2D eigenvalue weighted by Crippen LogP contribution is 2.37. The number of carbonyl (C=O) groups is 2. The van der Waals surface area contributed by atoms with Crippen LogP contribution in [0.2, 0.25) is 0 Å². The summed E-state index contributed by atoms with van der Waals surface area (Å²) in [6.07, 6.45) is 0.805. The van der Waals surface area contributed by atoms with Gasteiger partial charge in [-0.1, -0.05) is 28.1 Å². The monoisotopic (exact) mass is 381 g/mol. The van der Waals surface area contributed by atoms with Crippen molar-refractivity contribution < 1.29 is 19.6 Å². The van der Waals surface area contributed by atoms with Crippen molar-refractivity contribution in [2.75, 3.05) is 27.2 Å². The Morgan fingerprint density at radius 1 is 1.30 bits per heavy atom. The summed E-state index contributed by atoms with van der Waals surface area (Å²) in [4.78, 5) is 27.3. The number of nitrogens with zero attached hydrogens (tertiary/aromatic N) is 1. The number of aliphatic hydroxyl groups excluding tert-OH is 1. The second kappa shape index (κ2) is 7.27. The summed E-state index contributed by atoms with van der Waals surface area (Å²) in [5, 5.41) is 10.1. The predicted octanol–water partition coefficient (Wildman–Crippen LogP) is 1.27. The average Bonchev–Trinajstić information content (AvgIpc) is 2.72. The number of aliphatic hydroxyl groups is 1. The molecule has 2 rings (SSSR count). The molecule has 1 aliphatic rings. The standard InChI is InChI=1S/C17H21BrN2O3/c1-11(21)14-15(12-5-7-13(18)8-6-12)20(17(23)16(14)22)10-4-9-19(2)3/h5-8,15,22H,4,9-10H2,1-3H3/p+1/t15-/m0/s1. The van der Waals surface area contributed by atoms with Crippen LogP contribution in [0.1, 0.15) is 24.9 Å². The quantitative estimate of drug-likeness (QED) is 0.779. The molecule has 0 spiro atoms. The molecule has 23 heavy (non-hydrogen) atoms. The van der Waals surface area contributed by atoms with Crippen molar-refractivity contribution in [3.63, 3.8) is 0 Å². The molecule has 0 aromatic heterocycles. The number of Topliss-reactive ketones (excluding diaryl/α,β-unsaturated/α-hetero) is 1. The van der Waals surface area contributed by atoms with Gasteiger partial charge in [-0.15, -0.1) is 0 Å². The van der Waals surface area contributed by atoms with Crippen molar-refractivity contribution in [1.82, 2.24) is 4.90 Å². The molecule has 124 valence electrons.